The molecular formula is C15H22O2. The monoisotopic (exact) mass is 234 g/mol. The largest absolute Gasteiger partial charge is 0.367 e. The highest BCUT2D eigenvalue weighted by atomic mass is 16.6. The second-order valence-corrected chi connectivity index (χ2v) is 7.08. The summed E-state index contributed by atoms with van der Waals surface area (Å²) in [5, 5.41) is 0. The fourth-order valence-electron chi connectivity index (χ4n) is 4.67. The van der Waals surface area contributed by atoms with Crippen molar-refractivity contribution in [1.82, 2.24) is 0 Å². The van der Waals surface area contributed by atoms with E-state index < -0.39 is 0 Å². The molecule has 4 aliphatic rings. The maximum Gasteiger partial charge on any atom is 0.130 e. The van der Waals surface area contributed by atoms with Crippen molar-refractivity contribution in [2.24, 2.45) is 16.7 Å². The van der Waals surface area contributed by atoms with Gasteiger partial charge in [-0.1, -0.05) is 32.9 Å². The Bertz CT molecular complexity index is 398. The molecule has 94 valence electrons. The molecule has 0 aromatic rings. The molecule has 0 N–H and O–H groups in total. The average Bonchev–Trinajstić information content (AvgIpc) is 3.03. The lowest BCUT2D eigenvalue weighted by Gasteiger charge is -2.58. The predicted molar refractivity (Wildman–Crippen MR) is 65.7 cm³/mol. The van der Waals surface area contributed by atoms with Crippen molar-refractivity contribution in [3.8, 4) is 0 Å². The minimum Gasteiger partial charge on any atom is -0.367 e. The van der Waals surface area contributed by atoms with Gasteiger partial charge in [0, 0.05) is 10.8 Å². The molecule has 2 heterocycles. The fraction of sp³-hybridized carbons (Fsp3) is 0.867. The summed E-state index contributed by atoms with van der Waals surface area (Å²) in [6.45, 7) is 8.08. The Morgan fingerprint density at radius 2 is 2.06 bits per heavy atom. The van der Waals surface area contributed by atoms with Gasteiger partial charge >= 0.3 is 0 Å². The number of hydrogen-bond donors (Lipinski definition) is 0. The van der Waals surface area contributed by atoms with E-state index in [0.717, 1.165) is 12.5 Å². The number of hydrogen-bond acceptors (Lipinski definition) is 2. The first-order valence-corrected chi connectivity index (χ1v) is 7.01. The van der Waals surface area contributed by atoms with Crippen LogP contribution < -0.4 is 0 Å². The van der Waals surface area contributed by atoms with Gasteiger partial charge in [0.1, 0.15) is 11.7 Å². The van der Waals surface area contributed by atoms with E-state index in [1.165, 1.54) is 19.3 Å². The fourth-order valence-corrected chi connectivity index (χ4v) is 4.67. The van der Waals surface area contributed by atoms with E-state index in [2.05, 4.69) is 32.9 Å². The Kier molecular flexibility index (Phi) is 1.74. The maximum atomic E-state index is 6.39. The molecule has 1 saturated carbocycles. The summed E-state index contributed by atoms with van der Waals surface area (Å²) >= 11 is 0. The summed E-state index contributed by atoms with van der Waals surface area (Å²) in [6, 6.07) is 0. The smallest absolute Gasteiger partial charge is 0.130 e. The minimum absolute atomic E-state index is 0.00116. The summed E-state index contributed by atoms with van der Waals surface area (Å²) in [5.41, 5.74) is 0.450. The van der Waals surface area contributed by atoms with Crippen LogP contribution in [-0.2, 0) is 9.47 Å². The van der Waals surface area contributed by atoms with Crippen molar-refractivity contribution in [2.75, 3.05) is 6.61 Å². The Hall–Kier alpha value is -0.340. The van der Waals surface area contributed by atoms with Gasteiger partial charge in [0.25, 0.3) is 0 Å². The standard InChI is InChI=1S/C15H22O2/c1-10-4-6-13(2)12(8-10)17-11-5-7-14(13,3)15(11)9-16-15/h5,7,10-12H,4,6,8-9H2,1-3H3/t10-,11-,12-,13+,14-,15+/m1/s1. The lowest BCUT2D eigenvalue weighted by Crippen LogP contribution is -2.62. The Morgan fingerprint density at radius 3 is 2.76 bits per heavy atom. The molecule has 1 spiro atoms. The third kappa shape index (κ3) is 0.978. The molecule has 17 heavy (non-hydrogen) atoms. The average molecular weight is 234 g/mol. The SMILES string of the molecule is C[C@@H]1CC[C@@]2(C)[C@@H](C1)O[C@@H]1C=C[C@@]2(C)[C@]12CO2. The van der Waals surface area contributed by atoms with E-state index in [1.54, 1.807) is 0 Å². The van der Waals surface area contributed by atoms with Crippen LogP contribution in [0.1, 0.15) is 40.0 Å². The van der Waals surface area contributed by atoms with E-state index in [9.17, 15) is 0 Å². The van der Waals surface area contributed by atoms with E-state index >= 15 is 0 Å². The summed E-state index contributed by atoms with van der Waals surface area (Å²) in [7, 11) is 0. The van der Waals surface area contributed by atoms with Gasteiger partial charge in [-0.25, -0.2) is 0 Å². The van der Waals surface area contributed by atoms with Gasteiger partial charge in [-0.15, -0.1) is 0 Å². The van der Waals surface area contributed by atoms with Crippen LogP contribution in [-0.4, -0.2) is 24.4 Å². The highest BCUT2D eigenvalue weighted by molar-refractivity contribution is 5.35. The van der Waals surface area contributed by atoms with E-state index in [-0.39, 0.29) is 22.5 Å². The molecule has 0 aromatic heterocycles. The lowest BCUT2D eigenvalue weighted by atomic mass is 9.51. The maximum absolute atomic E-state index is 6.39. The topological polar surface area (TPSA) is 21.8 Å². The zero-order valence-corrected chi connectivity index (χ0v) is 11.0. The quantitative estimate of drug-likeness (QED) is 0.475. The molecule has 2 heteroatoms. The first-order valence-electron chi connectivity index (χ1n) is 7.01. The van der Waals surface area contributed by atoms with Crippen molar-refractivity contribution in [3.63, 3.8) is 0 Å². The molecular weight excluding hydrogens is 212 g/mol. The van der Waals surface area contributed by atoms with Crippen LogP contribution in [0.15, 0.2) is 12.2 Å². The van der Waals surface area contributed by atoms with Crippen LogP contribution in [0.25, 0.3) is 0 Å². The molecule has 0 unspecified atom stereocenters. The van der Waals surface area contributed by atoms with Gasteiger partial charge in [0.2, 0.25) is 0 Å². The molecule has 0 aromatic carbocycles. The zero-order valence-electron chi connectivity index (χ0n) is 11.0. The van der Waals surface area contributed by atoms with Crippen LogP contribution in [0.5, 0.6) is 0 Å². The molecule has 2 nitrogen and oxygen atoms in total. The lowest BCUT2D eigenvalue weighted by molar-refractivity contribution is -0.212. The molecule has 2 aliphatic heterocycles. The molecule has 0 amide bonds. The number of fused-ring (bicyclic) bond motifs is 2. The zero-order chi connectivity index (χ0) is 11.9. The summed E-state index contributed by atoms with van der Waals surface area (Å²) in [5.74, 6) is 0.810. The number of ether oxygens (including phenoxy) is 2. The van der Waals surface area contributed by atoms with Crippen molar-refractivity contribution in [3.05, 3.63) is 12.2 Å². The van der Waals surface area contributed by atoms with Gasteiger partial charge in [-0.2, -0.15) is 0 Å². The highest BCUT2D eigenvalue weighted by Crippen LogP contribution is 2.69. The van der Waals surface area contributed by atoms with Crippen LogP contribution in [0.4, 0.5) is 0 Å². The molecule has 6 atom stereocenters. The van der Waals surface area contributed by atoms with Crippen LogP contribution in [0.3, 0.4) is 0 Å². The summed E-state index contributed by atoms with van der Waals surface area (Å²) in [4.78, 5) is 0. The molecule has 0 radical (unpaired) electrons. The van der Waals surface area contributed by atoms with E-state index in [4.69, 9.17) is 9.47 Å². The third-order valence-electron chi connectivity index (χ3n) is 6.38. The molecule has 4 rings (SSSR count). The normalized spacial score (nSPS) is 63.8. The van der Waals surface area contributed by atoms with E-state index in [1.807, 2.05) is 0 Å². The Morgan fingerprint density at radius 1 is 1.29 bits per heavy atom. The Labute approximate surface area is 103 Å². The van der Waals surface area contributed by atoms with Crippen LogP contribution >= 0.6 is 0 Å². The van der Waals surface area contributed by atoms with Crippen molar-refractivity contribution in [1.29, 1.82) is 0 Å². The van der Waals surface area contributed by atoms with Crippen LogP contribution in [0, 0.1) is 16.7 Å². The molecule has 3 fully saturated rings. The molecule has 2 bridgehead atoms. The van der Waals surface area contributed by atoms with Gasteiger partial charge < -0.3 is 9.47 Å². The second-order valence-electron chi connectivity index (χ2n) is 7.08. The molecule has 2 aliphatic carbocycles. The number of epoxide rings is 1. The van der Waals surface area contributed by atoms with Crippen LogP contribution in [0.2, 0.25) is 0 Å². The number of rotatable bonds is 0. The first-order chi connectivity index (χ1) is 8.02. The van der Waals surface area contributed by atoms with Crippen molar-refractivity contribution in [2.45, 2.75) is 57.8 Å². The van der Waals surface area contributed by atoms with Crippen molar-refractivity contribution >= 4 is 0 Å². The minimum atomic E-state index is -0.00116. The van der Waals surface area contributed by atoms with Crippen molar-refractivity contribution < 1.29 is 9.47 Å². The predicted octanol–water partition coefficient (Wildman–Crippen LogP) is 2.93. The van der Waals surface area contributed by atoms with E-state index in [0.29, 0.717) is 6.10 Å². The second kappa shape index (κ2) is 2.80. The highest BCUT2D eigenvalue weighted by Gasteiger charge is 2.75. The summed E-state index contributed by atoms with van der Waals surface area (Å²) in [6.07, 6.45) is 9.14. The van der Waals surface area contributed by atoms with Gasteiger partial charge in [-0.3, -0.25) is 0 Å². The molecule has 2 saturated heterocycles. The Balaban J connectivity index is 1.80. The van der Waals surface area contributed by atoms with Gasteiger partial charge in [0.05, 0.1) is 12.7 Å². The third-order valence-corrected chi connectivity index (χ3v) is 6.38. The first kappa shape index (κ1) is 10.6. The van der Waals surface area contributed by atoms with Gasteiger partial charge in [0.15, 0.2) is 0 Å². The summed E-state index contributed by atoms with van der Waals surface area (Å²) < 4.78 is 12.3. The van der Waals surface area contributed by atoms with Gasteiger partial charge in [-0.05, 0) is 25.2 Å².